The highest BCUT2D eigenvalue weighted by Gasteiger charge is 2.19. The van der Waals surface area contributed by atoms with Crippen molar-refractivity contribution in [1.82, 2.24) is 15.0 Å². The highest BCUT2D eigenvalue weighted by molar-refractivity contribution is 7.98. The second-order valence-electron chi connectivity index (χ2n) is 4.38. The zero-order valence-corrected chi connectivity index (χ0v) is 11.2. The number of aliphatic hydroxyl groups is 1. The van der Waals surface area contributed by atoms with Gasteiger partial charge in [0.15, 0.2) is 5.65 Å². The Morgan fingerprint density at radius 1 is 1.39 bits per heavy atom. The lowest BCUT2D eigenvalue weighted by Gasteiger charge is -2.23. The Labute approximate surface area is 110 Å². The van der Waals surface area contributed by atoms with E-state index in [1.54, 1.807) is 24.9 Å². The van der Waals surface area contributed by atoms with Gasteiger partial charge in [0, 0.05) is 18.5 Å². The number of thioether (sulfide) groups is 1. The van der Waals surface area contributed by atoms with Crippen molar-refractivity contribution in [3.05, 3.63) is 24.7 Å². The summed E-state index contributed by atoms with van der Waals surface area (Å²) < 4.78 is 0. The second kappa shape index (κ2) is 5.49. The molecule has 18 heavy (non-hydrogen) atoms. The Kier molecular flexibility index (Phi) is 3.98. The zero-order valence-electron chi connectivity index (χ0n) is 10.4. The van der Waals surface area contributed by atoms with Crippen LogP contribution in [0.15, 0.2) is 24.7 Å². The van der Waals surface area contributed by atoms with Crippen molar-refractivity contribution in [1.29, 1.82) is 0 Å². The lowest BCUT2D eigenvalue weighted by molar-refractivity contribution is 0.0996. The van der Waals surface area contributed by atoms with E-state index in [1.807, 2.05) is 18.4 Å². The van der Waals surface area contributed by atoms with Gasteiger partial charge in [-0.2, -0.15) is 11.8 Å². The number of fused-ring (bicyclic) bond motifs is 1. The highest BCUT2D eigenvalue weighted by Crippen LogP contribution is 2.18. The van der Waals surface area contributed by atoms with E-state index in [2.05, 4.69) is 20.3 Å². The van der Waals surface area contributed by atoms with Gasteiger partial charge in [-0.15, -0.1) is 0 Å². The van der Waals surface area contributed by atoms with Crippen LogP contribution in [0.1, 0.15) is 6.92 Å². The number of hydrogen-bond donors (Lipinski definition) is 2. The lowest BCUT2D eigenvalue weighted by atomic mass is 10.1. The minimum Gasteiger partial charge on any atom is -0.387 e. The predicted octanol–water partition coefficient (Wildman–Crippen LogP) is 1.55. The minimum absolute atomic E-state index is 0.439. The Bertz CT molecular complexity index is 527. The first kappa shape index (κ1) is 13.0. The van der Waals surface area contributed by atoms with E-state index in [1.165, 1.54) is 6.33 Å². The van der Waals surface area contributed by atoms with Gasteiger partial charge in [0.25, 0.3) is 0 Å². The SMILES string of the molecule is CSCC(C)(O)CNc1ncnc2ncccc12. The number of pyridine rings is 1. The summed E-state index contributed by atoms with van der Waals surface area (Å²) in [5.74, 6) is 1.37. The molecule has 0 saturated heterocycles. The predicted molar refractivity (Wildman–Crippen MR) is 74.8 cm³/mol. The van der Waals surface area contributed by atoms with Gasteiger partial charge in [-0.25, -0.2) is 15.0 Å². The standard InChI is InChI=1S/C12H16N4OS/c1-12(17,7-18-2)6-14-11-9-4-3-5-13-10(9)15-8-16-11/h3-5,8,17H,6-7H2,1-2H3,(H,13,14,15,16). The summed E-state index contributed by atoms with van der Waals surface area (Å²) in [7, 11) is 0. The van der Waals surface area contributed by atoms with E-state index in [0.717, 1.165) is 5.39 Å². The van der Waals surface area contributed by atoms with Crippen LogP contribution in [0.25, 0.3) is 11.0 Å². The third-order valence-corrected chi connectivity index (χ3v) is 3.41. The van der Waals surface area contributed by atoms with Crippen LogP contribution in [0.4, 0.5) is 5.82 Å². The molecular formula is C12H16N4OS. The van der Waals surface area contributed by atoms with Gasteiger partial charge in [-0.3, -0.25) is 0 Å². The van der Waals surface area contributed by atoms with E-state index >= 15 is 0 Å². The summed E-state index contributed by atoms with van der Waals surface area (Å²) >= 11 is 1.61. The molecule has 2 aromatic heterocycles. The van der Waals surface area contributed by atoms with Gasteiger partial charge >= 0.3 is 0 Å². The van der Waals surface area contributed by atoms with Crippen molar-refractivity contribution in [2.75, 3.05) is 23.9 Å². The van der Waals surface area contributed by atoms with Gasteiger partial charge in [0.1, 0.15) is 12.1 Å². The van der Waals surface area contributed by atoms with Crippen molar-refractivity contribution in [2.45, 2.75) is 12.5 Å². The first-order valence-electron chi connectivity index (χ1n) is 5.63. The number of anilines is 1. The molecular weight excluding hydrogens is 248 g/mol. The highest BCUT2D eigenvalue weighted by atomic mass is 32.2. The summed E-state index contributed by atoms with van der Waals surface area (Å²) in [6.45, 7) is 2.24. The van der Waals surface area contributed by atoms with Gasteiger partial charge in [-0.1, -0.05) is 0 Å². The summed E-state index contributed by atoms with van der Waals surface area (Å²) in [5.41, 5.74) is -0.113. The third-order valence-electron chi connectivity index (χ3n) is 2.50. The molecule has 2 N–H and O–H groups in total. The van der Waals surface area contributed by atoms with Gasteiger partial charge in [0.2, 0.25) is 0 Å². The number of nitrogens with one attached hydrogen (secondary N) is 1. The van der Waals surface area contributed by atoms with Crippen LogP contribution in [0.2, 0.25) is 0 Å². The van der Waals surface area contributed by atoms with Crippen LogP contribution in [0.5, 0.6) is 0 Å². The largest absolute Gasteiger partial charge is 0.387 e. The summed E-state index contributed by atoms with van der Waals surface area (Å²) in [4.78, 5) is 12.4. The Morgan fingerprint density at radius 2 is 2.22 bits per heavy atom. The zero-order chi connectivity index (χ0) is 13.0. The van der Waals surface area contributed by atoms with Crippen LogP contribution in [0, 0.1) is 0 Å². The molecule has 0 aliphatic rings. The summed E-state index contributed by atoms with van der Waals surface area (Å²) in [6, 6.07) is 3.75. The summed E-state index contributed by atoms with van der Waals surface area (Å²) in [5, 5.41) is 14.1. The van der Waals surface area contributed by atoms with Crippen molar-refractivity contribution in [2.24, 2.45) is 0 Å². The molecule has 0 aliphatic carbocycles. The summed E-state index contributed by atoms with van der Waals surface area (Å²) in [6.07, 6.45) is 5.14. The van der Waals surface area contributed by atoms with Crippen LogP contribution in [-0.2, 0) is 0 Å². The van der Waals surface area contributed by atoms with Gasteiger partial charge < -0.3 is 10.4 Å². The number of rotatable bonds is 5. The van der Waals surface area contributed by atoms with E-state index in [4.69, 9.17) is 0 Å². The molecule has 0 amide bonds. The van der Waals surface area contributed by atoms with Gasteiger partial charge in [0.05, 0.1) is 11.0 Å². The maximum absolute atomic E-state index is 10.1. The second-order valence-corrected chi connectivity index (χ2v) is 5.25. The van der Waals surface area contributed by atoms with Crippen molar-refractivity contribution < 1.29 is 5.11 Å². The quantitative estimate of drug-likeness (QED) is 0.854. The molecule has 6 heteroatoms. The van der Waals surface area contributed by atoms with E-state index < -0.39 is 5.60 Å². The third kappa shape index (κ3) is 3.08. The normalized spacial score (nSPS) is 14.4. The molecule has 0 bridgehead atoms. The molecule has 96 valence electrons. The first-order chi connectivity index (χ1) is 8.62. The fourth-order valence-electron chi connectivity index (χ4n) is 1.67. The van der Waals surface area contributed by atoms with Crippen LogP contribution in [0.3, 0.4) is 0 Å². The Morgan fingerprint density at radius 3 is 3.00 bits per heavy atom. The van der Waals surface area contributed by atoms with Crippen molar-refractivity contribution in [3.8, 4) is 0 Å². The molecule has 0 aliphatic heterocycles. The minimum atomic E-state index is -0.765. The lowest BCUT2D eigenvalue weighted by Crippen LogP contribution is -2.36. The monoisotopic (exact) mass is 264 g/mol. The maximum atomic E-state index is 10.1. The van der Waals surface area contributed by atoms with Crippen LogP contribution >= 0.6 is 11.8 Å². The Hall–Kier alpha value is -1.40. The fourth-order valence-corrected chi connectivity index (χ4v) is 2.40. The number of aromatic nitrogens is 3. The maximum Gasteiger partial charge on any atom is 0.164 e. The van der Waals surface area contributed by atoms with Crippen molar-refractivity contribution in [3.63, 3.8) is 0 Å². The number of nitrogens with zero attached hydrogens (tertiary/aromatic N) is 3. The average molecular weight is 264 g/mol. The molecule has 2 aromatic rings. The molecule has 0 saturated carbocycles. The van der Waals surface area contributed by atoms with E-state index in [0.29, 0.717) is 23.8 Å². The number of hydrogen-bond acceptors (Lipinski definition) is 6. The van der Waals surface area contributed by atoms with Crippen molar-refractivity contribution >= 4 is 28.6 Å². The van der Waals surface area contributed by atoms with Crippen LogP contribution in [-0.4, -0.2) is 44.2 Å². The van der Waals surface area contributed by atoms with E-state index in [-0.39, 0.29) is 0 Å². The fraction of sp³-hybridized carbons (Fsp3) is 0.417. The van der Waals surface area contributed by atoms with Gasteiger partial charge in [-0.05, 0) is 25.3 Å². The molecule has 0 aromatic carbocycles. The molecule has 1 unspecified atom stereocenters. The smallest absolute Gasteiger partial charge is 0.164 e. The molecule has 0 fully saturated rings. The molecule has 5 nitrogen and oxygen atoms in total. The average Bonchev–Trinajstić information content (AvgIpc) is 2.36. The molecule has 0 radical (unpaired) electrons. The van der Waals surface area contributed by atoms with Crippen LogP contribution < -0.4 is 5.32 Å². The van der Waals surface area contributed by atoms with E-state index in [9.17, 15) is 5.11 Å². The molecule has 0 spiro atoms. The molecule has 2 heterocycles. The first-order valence-corrected chi connectivity index (χ1v) is 7.03. The molecule has 1 atom stereocenters. The Balaban J connectivity index is 2.17. The topological polar surface area (TPSA) is 70.9 Å². The molecule has 2 rings (SSSR count).